The standard InChI is InChI=1S/C14H16N2O3S/c1-11-7-13(16-19-11)9-20(18)10-14(17)15-8-12-5-3-2-4-6-12/h2-7H,8-10H2,1H3,(H,15,17)/t20-/m0/s1. The first-order valence-electron chi connectivity index (χ1n) is 6.21. The van der Waals surface area contributed by atoms with E-state index in [-0.39, 0.29) is 17.4 Å². The molecule has 0 spiro atoms. The molecule has 2 rings (SSSR count). The molecule has 0 aliphatic rings. The van der Waals surface area contributed by atoms with Gasteiger partial charge in [0.2, 0.25) is 5.91 Å². The Labute approximate surface area is 119 Å². The molecule has 1 atom stereocenters. The minimum Gasteiger partial charge on any atom is -0.361 e. The van der Waals surface area contributed by atoms with E-state index in [1.54, 1.807) is 13.0 Å². The van der Waals surface area contributed by atoms with Gasteiger partial charge in [-0.1, -0.05) is 35.5 Å². The lowest BCUT2D eigenvalue weighted by Crippen LogP contribution is -2.28. The maximum absolute atomic E-state index is 11.8. The Morgan fingerprint density at radius 2 is 2.10 bits per heavy atom. The molecule has 0 saturated carbocycles. The zero-order chi connectivity index (χ0) is 14.4. The minimum absolute atomic E-state index is 0.0290. The van der Waals surface area contributed by atoms with Crippen molar-refractivity contribution < 1.29 is 13.5 Å². The van der Waals surface area contributed by atoms with Gasteiger partial charge in [0.05, 0.1) is 11.4 Å². The highest BCUT2D eigenvalue weighted by Gasteiger charge is 2.11. The number of aromatic nitrogens is 1. The van der Waals surface area contributed by atoms with Gasteiger partial charge in [-0.25, -0.2) is 0 Å². The molecule has 5 nitrogen and oxygen atoms in total. The SMILES string of the molecule is Cc1cc(C[S@](=O)CC(=O)NCc2ccccc2)no1. The van der Waals surface area contributed by atoms with E-state index in [0.717, 1.165) is 5.56 Å². The van der Waals surface area contributed by atoms with Crippen LogP contribution in [0.3, 0.4) is 0 Å². The van der Waals surface area contributed by atoms with Crippen LogP contribution in [-0.2, 0) is 27.9 Å². The van der Waals surface area contributed by atoms with Crippen LogP contribution in [0.2, 0.25) is 0 Å². The van der Waals surface area contributed by atoms with Gasteiger partial charge in [0.25, 0.3) is 0 Å². The van der Waals surface area contributed by atoms with Crippen molar-refractivity contribution in [2.24, 2.45) is 0 Å². The van der Waals surface area contributed by atoms with Crippen LogP contribution in [0, 0.1) is 6.92 Å². The number of carbonyl (C=O) groups is 1. The quantitative estimate of drug-likeness (QED) is 0.876. The number of hydrogen-bond donors (Lipinski definition) is 1. The van der Waals surface area contributed by atoms with Gasteiger partial charge in [-0.2, -0.15) is 0 Å². The van der Waals surface area contributed by atoms with Crippen molar-refractivity contribution in [3.05, 3.63) is 53.4 Å². The van der Waals surface area contributed by atoms with E-state index >= 15 is 0 Å². The van der Waals surface area contributed by atoms with Gasteiger partial charge in [0.1, 0.15) is 11.5 Å². The zero-order valence-electron chi connectivity index (χ0n) is 11.2. The van der Waals surface area contributed by atoms with Crippen LogP contribution in [-0.4, -0.2) is 21.0 Å². The van der Waals surface area contributed by atoms with E-state index < -0.39 is 10.8 Å². The van der Waals surface area contributed by atoms with Crippen molar-refractivity contribution in [2.75, 3.05) is 5.75 Å². The number of hydrogen-bond acceptors (Lipinski definition) is 4. The molecule has 0 radical (unpaired) electrons. The molecule has 0 aliphatic carbocycles. The molecule has 1 N–H and O–H groups in total. The Morgan fingerprint density at radius 3 is 2.75 bits per heavy atom. The first-order valence-corrected chi connectivity index (χ1v) is 7.70. The van der Waals surface area contributed by atoms with E-state index in [1.807, 2.05) is 30.3 Å². The third-order valence-corrected chi connectivity index (χ3v) is 3.81. The molecule has 1 amide bonds. The lowest BCUT2D eigenvalue weighted by molar-refractivity contribution is -0.118. The second kappa shape index (κ2) is 7.00. The Bertz CT molecular complexity index is 595. The Morgan fingerprint density at radius 1 is 1.35 bits per heavy atom. The fourth-order valence-electron chi connectivity index (χ4n) is 1.70. The van der Waals surface area contributed by atoms with Crippen LogP contribution in [0.1, 0.15) is 17.0 Å². The second-order valence-electron chi connectivity index (χ2n) is 4.42. The lowest BCUT2D eigenvalue weighted by atomic mass is 10.2. The lowest BCUT2D eigenvalue weighted by Gasteiger charge is -2.04. The van der Waals surface area contributed by atoms with Crippen LogP contribution in [0.5, 0.6) is 0 Å². The van der Waals surface area contributed by atoms with E-state index in [9.17, 15) is 9.00 Å². The largest absolute Gasteiger partial charge is 0.361 e. The summed E-state index contributed by atoms with van der Waals surface area (Å²) in [5.41, 5.74) is 1.62. The van der Waals surface area contributed by atoms with Crippen LogP contribution in [0.15, 0.2) is 40.9 Å². The summed E-state index contributed by atoms with van der Waals surface area (Å²) in [6, 6.07) is 11.3. The summed E-state index contributed by atoms with van der Waals surface area (Å²) >= 11 is 0. The third-order valence-electron chi connectivity index (χ3n) is 2.61. The molecule has 1 aromatic heterocycles. The van der Waals surface area contributed by atoms with Gasteiger partial charge < -0.3 is 9.84 Å². The molecule has 106 valence electrons. The molecule has 20 heavy (non-hydrogen) atoms. The highest BCUT2D eigenvalue weighted by Crippen LogP contribution is 2.04. The molecule has 0 aliphatic heterocycles. The number of nitrogens with one attached hydrogen (secondary N) is 1. The molecule has 0 saturated heterocycles. The van der Waals surface area contributed by atoms with Crippen LogP contribution in [0.4, 0.5) is 0 Å². The Kier molecular flexibility index (Phi) is 5.06. The first kappa shape index (κ1) is 14.5. The van der Waals surface area contributed by atoms with Crippen LogP contribution < -0.4 is 5.32 Å². The average Bonchev–Trinajstić information content (AvgIpc) is 2.83. The third kappa shape index (κ3) is 4.62. The predicted octanol–water partition coefficient (Wildman–Crippen LogP) is 1.55. The van der Waals surface area contributed by atoms with Gasteiger partial charge in [-0.05, 0) is 12.5 Å². The monoisotopic (exact) mass is 292 g/mol. The van der Waals surface area contributed by atoms with Crippen LogP contribution in [0.25, 0.3) is 0 Å². The minimum atomic E-state index is -1.28. The van der Waals surface area contributed by atoms with Crippen molar-refractivity contribution in [1.29, 1.82) is 0 Å². The summed E-state index contributed by atoms with van der Waals surface area (Å²) in [6.45, 7) is 2.21. The van der Waals surface area contributed by atoms with Gasteiger partial charge in [0.15, 0.2) is 0 Å². The molecular weight excluding hydrogens is 276 g/mol. The average molecular weight is 292 g/mol. The maximum Gasteiger partial charge on any atom is 0.232 e. The fourth-order valence-corrected chi connectivity index (χ4v) is 2.66. The molecule has 1 aromatic carbocycles. The normalized spacial score (nSPS) is 12.1. The summed E-state index contributed by atoms with van der Waals surface area (Å²) in [5, 5.41) is 6.50. The zero-order valence-corrected chi connectivity index (χ0v) is 12.0. The van der Waals surface area contributed by atoms with Gasteiger partial charge >= 0.3 is 0 Å². The van der Waals surface area contributed by atoms with Crippen molar-refractivity contribution in [3.8, 4) is 0 Å². The van der Waals surface area contributed by atoms with Gasteiger partial charge in [0, 0.05) is 23.4 Å². The Hall–Kier alpha value is -1.95. The smallest absolute Gasteiger partial charge is 0.232 e. The number of rotatable bonds is 6. The summed E-state index contributed by atoms with van der Waals surface area (Å²) in [7, 11) is -1.28. The van der Waals surface area contributed by atoms with E-state index in [0.29, 0.717) is 18.0 Å². The number of nitrogens with zero attached hydrogens (tertiary/aromatic N) is 1. The number of amides is 1. The topological polar surface area (TPSA) is 72.2 Å². The molecule has 0 bridgehead atoms. The molecule has 0 unspecified atom stereocenters. The highest BCUT2D eigenvalue weighted by atomic mass is 32.2. The van der Waals surface area contributed by atoms with Crippen LogP contribution >= 0.6 is 0 Å². The van der Waals surface area contributed by atoms with E-state index in [2.05, 4.69) is 10.5 Å². The first-order chi connectivity index (χ1) is 9.63. The molecule has 1 heterocycles. The molecule has 2 aromatic rings. The summed E-state index contributed by atoms with van der Waals surface area (Å²) in [4.78, 5) is 11.7. The number of aryl methyl sites for hydroxylation is 1. The van der Waals surface area contributed by atoms with Crippen molar-refractivity contribution in [1.82, 2.24) is 10.5 Å². The van der Waals surface area contributed by atoms with Crippen molar-refractivity contribution in [3.63, 3.8) is 0 Å². The summed E-state index contributed by atoms with van der Waals surface area (Å²) in [6.07, 6.45) is 0. The van der Waals surface area contributed by atoms with Crippen molar-refractivity contribution >= 4 is 16.7 Å². The van der Waals surface area contributed by atoms with Gasteiger partial charge in [-0.15, -0.1) is 0 Å². The number of benzene rings is 1. The predicted molar refractivity (Wildman–Crippen MR) is 76.2 cm³/mol. The molecule has 0 fully saturated rings. The molecular formula is C14H16N2O3S. The highest BCUT2D eigenvalue weighted by molar-refractivity contribution is 7.84. The van der Waals surface area contributed by atoms with Gasteiger partial charge in [-0.3, -0.25) is 9.00 Å². The second-order valence-corrected chi connectivity index (χ2v) is 5.88. The van der Waals surface area contributed by atoms with E-state index in [4.69, 9.17) is 4.52 Å². The van der Waals surface area contributed by atoms with E-state index in [1.165, 1.54) is 0 Å². The van der Waals surface area contributed by atoms with Crippen molar-refractivity contribution in [2.45, 2.75) is 19.2 Å². The number of carbonyl (C=O) groups excluding carboxylic acids is 1. The Balaban J connectivity index is 1.75. The summed E-state index contributed by atoms with van der Waals surface area (Å²) in [5.74, 6) is 0.646. The summed E-state index contributed by atoms with van der Waals surface area (Å²) < 4.78 is 16.7. The molecule has 6 heteroatoms. The maximum atomic E-state index is 11.8. The fraction of sp³-hybridized carbons (Fsp3) is 0.286.